The van der Waals surface area contributed by atoms with E-state index in [2.05, 4.69) is 4.99 Å². The van der Waals surface area contributed by atoms with Gasteiger partial charge in [-0.2, -0.15) is 4.99 Å². The highest BCUT2D eigenvalue weighted by molar-refractivity contribution is 7.16. The summed E-state index contributed by atoms with van der Waals surface area (Å²) in [6, 6.07) is 9.39. The minimum absolute atomic E-state index is 0.178. The highest BCUT2D eigenvalue weighted by atomic mass is 32.1. The van der Waals surface area contributed by atoms with E-state index < -0.39 is 0 Å². The Morgan fingerprint density at radius 2 is 1.93 bits per heavy atom. The fraction of sp³-hybridized carbons (Fsp3) is 0.318. The van der Waals surface area contributed by atoms with Gasteiger partial charge in [0.05, 0.1) is 23.2 Å². The molecule has 0 unspecified atom stereocenters. The zero-order valence-electron chi connectivity index (χ0n) is 17.1. The molecule has 0 radical (unpaired) electrons. The van der Waals surface area contributed by atoms with Gasteiger partial charge in [-0.05, 0) is 32.4 Å². The molecule has 0 saturated heterocycles. The Hall–Kier alpha value is -3.13. The zero-order valence-corrected chi connectivity index (χ0v) is 17.9. The number of amides is 1. The summed E-state index contributed by atoms with van der Waals surface area (Å²) in [6.07, 6.45) is 0.180. The first-order chi connectivity index (χ1) is 14.5. The number of aryl methyl sites for hydroxylation is 3. The summed E-state index contributed by atoms with van der Waals surface area (Å²) in [5.41, 5.74) is 3.36. The summed E-state index contributed by atoms with van der Waals surface area (Å²) < 4.78 is 18.8. The van der Waals surface area contributed by atoms with Crippen LogP contribution in [0.3, 0.4) is 0 Å². The largest absolute Gasteiger partial charge is 0.466 e. The molecule has 1 aromatic heterocycles. The molecule has 2 aromatic carbocycles. The summed E-state index contributed by atoms with van der Waals surface area (Å²) >= 11 is 1.37. The number of hydrogen-bond donors (Lipinski definition) is 0. The lowest BCUT2D eigenvalue weighted by atomic mass is 10.1. The normalized spacial score (nSPS) is 13.1. The summed E-state index contributed by atoms with van der Waals surface area (Å²) in [5, 5.41) is 0. The number of aromatic nitrogens is 1. The highest BCUT2D eigenvalue weighted by Gasteiger charge is 2.19. The Morgan fingerprint density at radius 1 is 1.17 bits per heavy atom. The Morgan fingerprint density at radius 3 is 2.67 bits per heavy atom. The van der Waals surface area contributed by atoms with Crippen LogP contribution in [0.4, 0.5) is 0 Å². The molecule has 3 aromatic rings. The fourth-order valence-corrected chi connectivity index (χ4v) is 4.46. The van der Waals surface area contributed by atoms with E-state index in [1.807, 2.05) is 42.7 Å². The van der Waals surface area contributed by atoms with Crippen molar-refractivity contribution in [3.63, 3.8) is 0 Å². The Labute approximate surface area is 177 Å². The third kappa shape index (κ3) is 3.95. The first-order valence-corrected chi connectivity index (χ1v) is 10.5. The maximum Gasteiger partial charge on any atom is 0.307 e. The Balaban J connectivity index is 1.79. The van der Waals surface area contributed by atoms with Gasteiger partial charge in [0.1, 0.15) is 0 Å². The number of rotatable bonds is 5. The van der Waals surface area contributed by atoms with E-state index >= 15 is 0 Å². The van der Waals surface area contributed by atoms with E-state index in [0.29, 0.717) is 35.0 Å². The predicted molar refractivity (Wildman–Crippen MR) is 113 cm³/mol. The second kappa shape index (κ2) is 8.31. The van der Waals surface area contributed by atoms with Crippen molar-refractivity contribution in [2.75, 3.05) is 13.4 Å². The monoisotopic (exact) mass is 426 g/mol. The van der Waals surface area contributed by atoms with Crippen LogP contribution in [0.15, 0.2) is 35.3 Å². The van der Waals surface area contributed by atoms with Crippen LogP contribution in [0, 0.1) is 13.8 Å². The van der Waals surface area contributed by atoms with Crippen molar-refractivity contribution in [2.45, 2.75) is 33.7 Å². The van der Waals surface area contributed by atoms with Crippen molar-refractivity contribution in [3.05, 3.63) is 51.8 Å². The molecule has 0 N–H and O–H groups in total. The summed E-state index contributed by atoms with van der Waals surface area (Å²) in [7, 11) is 0. The van der Waals surface area contributed by atoms with E-state index in [9.17, 15) is 9.59 Å². The average molecular weight is 426 g/mol. The second-order valence-electron chi connectivity index (χ2n) is 7.00. The molecule has 0 fully saturated rings. The van der Waals surface area contributed by atoms with E-state index in [1.165, 1.54) is 11.3 Å². The van der Waals surface area contributed by atoms with Gasteiger partial charge in [-0.3, -0.25) is 9.59 Å². The Kier molecular flexibility index (Phi) is 5.59. The van der Waals surface area contributed by atoms with Crippen LogP contribution in [-0.2, 0) is 16.1 Å². The topological polar surface area (TPSA) is 79.1 Å². The number of esters is 1. The number of carbonyl (C=O) groups is 2. The molecule has 4 rings (SSSR count). The summed E-state index contributed by atoms with van der Waals surface area (Å²) in [6.45, 7) is 6.51. The van der Waals surface area contributed by atoms with Gasteiger partial charge in [0.2, 0.25) is 6.79 Å². The van der Waals surface area contributed by atoms with Crippen molar-refractivity contribution >= 4 is 33.4 Å². The van der Waals surface area contributed by atoms with Gasteiger partial charge in [-0.15, -0.1) is 0 Å². The molecule has 0 spiro atoms. The number of hydrogen-bond acceptors (Lipinski definition) is 6. The summed E-state index contributed by atoms with van der Waals surface area (Å²) in [5.74, 6) is 0.687. The number of carbonyl (C=O) groups excluding carboxylic acids is 2. The number of benzene rings is 2. The lowest BCUT2D eigenvalue weighted by molar-refractivity contribution is -0.143. The van der Waals surface area contributed by atoms with Gasteiger partial charge >= 0.3 is 5.97 Å². The molecule has 30 heavy (non-hydrogen) atoms. The first-order valence-electron chi connectivity index (χ1n) is 9.71. The van der Waals surface area contributed by atoms with Crippen molar-refractivity contribution in [1.82, 2.24) is 4.57 Å². The molecule has 0 aliphatic carbocycles. The van der Waals surface area contributed by atoms with Gasteiger partial charge < -0.3 is 18.8 Å². The second-order valence-corrected chi connectivity index (χ2v) is 8.01. The van der Waals surface area contributed by atoms with E-state index in [4.69, 9.17) is 14.2 Å². The van der Waals surface area contributed by atoms with Crippen LogP contribution < -0.4 is 14.3 Å². The smallest absolute Gasteiger partial charge is 0.307 e. The molecule has 1 amide bonds. The number of fused-ring (bicyclic) bond motifs is 2. The van der Waals surface area contributed by atoms with Crippen LogP contribution in [0.2, 0.25) is 0 Å². The first kappa shape index (κ1) is 20.2. The lowest BCUT2D eigenvalue weighted by Crippen LogP contribution is -2.19. The minimum atomic E-state index is -0.316. The standard InChI is InChI=1S/C22H22N2O5S/c1-4-27-20(25)7-8-24-16-10-17-18(29-12-28-17)11-19(16)30-22(24)23-21(26)15-6-5-13(2)9-14(15)3/h5-6,9-11H,4,7-8,12H2,1-3H3. The van der Waals surface area contributed by atoms with E-state index in [0.717, 1.165) is 21.3 Å². The summed E-state index contributed by atoms with van der Waals surface area (Å²) in [4.78, 5) is 29.7. The molecular formula is C22H22N2O5S. The third-order valence-electron chi connectivity index (χ3n) is 4.83. The van der Waals surface area contributed by atoms with Crippen LogP contribution >= 0.6 is 11.3 Å². The van der Waals surface area contributed by atoms with Crippen molar-refractivity contribution in [2.24, 2.45) is 4.99 Å². The quantitative estimate of drug-likeness (QED) is 0.581. The molecule has 0 bridgehead atoms. The number of thiazole rings is 1. The van der Waals surface area contributed by atoms with Crippen molar-refractivity contribution in [3.8, 4) is 11.5 Å². The molecular weight excluding hydrogens is 404 g/mol. The van der Waals surface area contributed by atoms with Gasteiger partial charge in [0.15, 0.2) is 16.3 Å². The Bertz CT molecular complexity index is 1210. The van der Waals surface area contributed by atoms with Gasteiger partial charge in [0, 0.05) is 24.2 Å². The molecule has 1 aliphatic heterocycles. The maximum absolute atomic E-state index is 12.9. The van der Waals surface area contributed by atoms with Crippen LogP contribution in [-0.4, -0.2) is 29.8 Å². The fourth-order valence-electron chi connectivity index (χ4n) is 3.40. The van der Waals surface area contributed by atoms with Crippen molar-refractivity contribution in [1.29, 1.82) is 0 Å². The minimum Gasteiger partial charge on any atom is -0.466 e. The molecule has 0 atom stereocenters. The molecule has 7 nitrogen and oxygen atoms in total. The number of nitrogens with zero attached hydrogens (tertiary/aromatic N) is 2. The molecule has 156 valence electrons. The SMILES string of the molecule is CCOC(=O)CCn1c(=NC(=O)c2ccc(C)cc2C)sc2cc3c(cc21)OCO3. The maximum atomic E-state index is 12.9. The third-order valence-corrected chi connectivity index (χ3v) is 5.87. The zero-order chi connectivity index (χ0) is 21.3. The van der Waals surface area contributed by atoms with Gasteiger partial charge in [-0.25, -0.2) is 0 Å². The molecule has 0 saturated carbocycles. The van der Waals surface area contributed by atoms with Crippen LogP contribution in [0.1, 0.15) is 34.8 Å². The number of ether oxygens (including phenoxy) is 3. The van der Waals surface area contributed by atoms with Crippen LogP contribution in [0.5, 0.6) is 11.5 Å². The molecule has 1 aliphatic rings. The molecule has 2 heterocycles. The lowest BCUT2D eigenvalue weighted by Gasteiger charge is -2.06. The van der Waals surface area contributed by atoms with Crippen LogP contribution in [0.25, 0.3) is 10.2 Å². The highest BCUT2D eigenvalue weighted by Crippen LogP contribution is 2.37. The van der Waals surface area contributed by atoms with Crippen molar-refractivity contribution < 1.29 is 23.8 Å². The molecule has 8 heteroatoms. The average Bonchev–Trinajstić information content (AvgIpc) is 3.28. The predicted octanol–water partition coefficient (Wildman–Crippen LogP) is 3.74. The van der Waals surface area contributed by atoms with E-state index in [-0.39, 0.29) is 25.1 Å². The van der Waals surface area contributed by atoms with Gasteiger partial charge in [0.25, 0.3) is 5.91 Å². The van der Waals surface area contributed by atoms with Gasteiger partial charge in [-0.1, -0.05) is 29.0 Å². The van der Waals surface area contributed by atoms with E-state index in [1.54, 1.807) is 13.0 Å².